The van der Waals surface area contributed by atoms with Crippen LogP contribution in [0.5, 0.6) is 5.75 Å². The molecule has 4 rings (SSSR count). The summed E-state index contributed by atoms with van der Waals surface area (Å²) in [5.74, 6) is 0.842. The molecule has 5 nitrogen and oxygen atoms in total. The van der Waals surface area contributed by atoms with E-state index in [2.05, 4.69) is 18.0 Å². The third-order valence-electron chi connectivity index (χ3n) is 5.29. The maximum absolute atomic E-state index is 13.1. The number of hydrogen-bond donors (Lipinski definition) is 0. The Kier molecular flexibility index (Phi) is 6.49. The molecule has 3 aromatic rings. The molecule has 0 aromatic heterocycles. The van der Waals surface area contributed by atoms with Crippen LogP contribution in [-0.2, 0) is 23.0 Å². The highest BCUT2D eigenvalue weighted by molar-refractivity contribution is 7.89. The Morgan fingerprint density at radius 3 is 2.39 bits per heavy atom. The van der Waals surface area contributed by atoms with E-state index in [4.69, 9.17) is 4.74 Å². The highest BCUT2D eigenvalue weighted by Gasteiger charge is 2.28. The van der Waals surface area contributed by atoms with E-state index in [1.807, 2.05) is 42.5 Å². The molecule has 3 aromatic carbocycles. The second-order valence-electron chi connectivity index (χ2n) is 7.53. The minimum Gasteiger partial charge on any atom is -0.494 e. The predicted molar refractivity (Wildman–Crippen MR) is 124 cm³/mol. The summed E-state index contributed by atoms with van der Waals surface area (Å²) in [4.78, 5) is 4.75. The SMILES string of the molecule is CCCOc1ccc(C=Nc2ccc(S(=O)(=O)N3CCc4ccccc4C3)cc2)cc1. The number of rotatable bonds is 7. The Balaban J connectivity index is 1.43. The van der Waals surface area contributed by atoms with Crippen molar-refractivity contribution in [3.63, 3.8) is 0 Å². The van der Waals surface area contributed by atoms with Gasteiger partial charge in [-0.15, -0.1) is 0 Å². The van der Waals surface area contributed by atoms with Crippen molar-refractivity contribution in [2.75, 3.05) is 13.2 Å². The molecule has 0 unspecified atom stereocenters. The summed E-state index contributed by atoms with van der Waals surface area (Å²) in [7, 11) is -3.53. The van der Waals surface area contributed by atoms with Gasteiger partial charge in [0, 0.05) is 19.3 Å². The molecule has 1 aliphatic heterocycles. The molecule has 160 valence electrons. The lowest BCUT2D eigenvalue weighted by molar-refractivity contribution is 0.317. The van der Waals surface area contributed by atoms with Gasteiger partial charge in [0.1, 0.15) is 5.75 Å². The number of fused-ring (bicyclic) bond motifs is 1. The second-order valence-corrected chi connectivity index (χ2v) is 9.46. The van der Waals surface area contributed by atoms with Crippen LogP contribution in [0.4, 0.5) is 5.69 Å². The first-order valence-electron chi connectivity index (χ1n) is 10.5. The number of benzene rings is 3. The van der Waals surface area contributed by atoms with Gasteiger partial charge in [0.25, 0.3) is 0 Å². The van der Waals surface area contributed by atoms with Gasteiger partial charge in [0.15, 0.2) is 0 Å². The van der Waals surface area contributed by atoms with E-state index in [9.17, 15) is 8.42 Å². The maximum Gasteiger partial charge on any atom is 0.243 e. The number of nitrogens with zero attached hydrogens (tertiary/aromatic N) is 2. The minimum absolute atomic E-state index is 0.295. The molecule has 0 aliphatic carbocycles. The number of sulfonamides is 1. The van der Waals surface area contributed by atoms with Crippen LogP contribution >= 0.6 is 0 Å². The summed E-state index contributed by atoms with van der Waals surface area (Å²) < 4.78 is 33.3. The van der Waals surface area contributed by atoms with Crippen LogP contribution in [0.15, 0.2) is 82.7 Å². The molecule has 0 saturated carbocycles. The zero-order valence-corrected chi connectivity index (χ0v) is 18.4. The molecule has 0 spiro atoms. The van der Waals surface area contributed by atoms with Crippen LogP contribution in [0.2, 0.25) is 0 Å². The van der Waals surface area contributed by atoms with E-state index in [-0.39, 0.29) is 0 Å². The van der Waals surface area contributed by atoms with Crippen molar-refractivity contribution in [1.82, 2.24) is 4.31 Å². The van der Waals surface area contributed by atoms with Crippen molar-refractivity contribution in [2.45, 2.75) is 31.2 Å². The quantitative estimate of drug-likeness (QED) is 0.493. The summed E-state index contributed by atoms with van der Waals surface area (Å²) in [5, 5.41) is 0. The van der Waals surface area contributed by atoms with Crippen LogP contribution in [-0.4, -0.2) is 32.1 Å². The average Bonchev–Trinajstić information content (AvgIpc) is 2.82. The maximum atomic E-state index is 13.1. The van der Waals surface area contributed by atoms with E-state index in [0.717, 1.165) is 29.7 Å². The molecule has 31 heavy (non-hydrogen) atoms. The van der Waals surface area contributed by atoms with Crippen LogP contribution in [0.25, 0.3) is 0 Å². The molecule has 0 N–H and O–H groups in total. The van der Waals surface area contributed by atoms with E-state index in [1.165, 1.54) is 5.56 Å². The van der Waals surface area contributed by atoms with Gasteiger partial charge >= 0.3 is 0 Å². The molecule has 0 amide bonds. The zero-order chi connectivity index (χ0) is 21.7. The monoisotopic (exact) mass is 434 g/mol. The van der Waals surface area contributed by atoms with Crippen LogP contribution in [0, 0.1) is 0 Å². The van der Waals surface area contributed by atoms with Gasteiger partial charge in [-0.05, 0) is 78.1 Å². The lowest BCUT2D eigenvalue weighted by Gasteiger charge is -2.28. The van der Waals surface area contributed by atoms with Crippen molar-refractivity contribution >= 4 is 21.9 Å². The van der Waals surface area contributed by atoms with E-state index in [1.54, 1.807) is 34.8 Å². The fourth-order valence-corrected chi connectivity index (χ4v) is 4.97. The summed E-state index contributed by atoms with van der Waals surface area (Å²) in [6.07, 6.45) is 3.47. The summed E-state index contributed by atoms with van der Waals surface area (Å²) in [6.45, 7) is 3.68. The lowest BCUT2D eigenvalue weighted by Crippen LogP contribution is -2.35. The smallest absolute Gasteiger partial charge is 0.243 e. The standard InChI is InChI=1S/C25H26N2O3S/c1-2-17-30-24-11-7-20(8-12-24)18-26-23-9-13-25(14-10-23)31(28,29)27-16-15-21-5-3-4-6-22(21)19-27/h3-14,18H,2,15-17,19H2,1H3. The average molecular weight is 435 g/mol. The molecule has 0 saturated heterocycles. The Morgan fingerprint density at radius 1 is 0.968 bits per heavy atom. The third-order valence-corrected chi connectivity index (χ3v) is 7.15. The first kappa shape index (κ1) is 21.3. The van der Waals surface area contributed by atoms with Crippen molar-refractivity contribution < 1.29 is 13.2 Å². The summed E-state index contributed by atoms with van der Waals surface area (Å²) in [6, 6.07) is 22.5. The Hall–Kier alpha value is -2.96. The van der Waals surface area contributed by atoms with Gasteiger partial charge in [0.2, 0.25) is 10.0 Å². The van der Waals surface area contributed by atoms with Crippen LogP contribution in [0.3, 0.4) is 0 Å². The molecule has 1 heterocycles. The first-order chi connectivity index (χ1) is 15.1. The normalized spacial score (nSPS) is 14.5. The molecular weight excluding hydrogens is 408 g/mol. The topological polar surface area (TPSA) is 59.0 Å². The zero-order valence-electron chi connectivity index (χ0n) is 17.6. The van der Waals surface area contributed by atoms with Gasteiger partial charge in [-0.1, -0.05) is 31.2 Å². The summed E-state index contributed by atoms with van der Waals surface area (Å²) in [5.41, 5.74) is 3.95. The predicted octanol–water partition coefficient (Wildman–Crippen LogP) is 4.97. The van der Waals surface area contributed by atoms with Gasteiger partial charge in [0.05, 0.1) is 17.2 Å². The molecule has 0 fully saturated rings. The van der Waals surface area contributed by atoms with E-state index >= 15 is 0 Å². The molecule has 0 bridgehead atoms. The molecule has 0 atom stereocenters. The van der Waals surface area contributed by atoms with Crippen molar-refractivity contribution in [3.8, 4) is 5.75 Å². The molecule has 0 radical (unpaired) electrons. The fraction of sp³-hybridized carbons (Fsp3) is 0.240. The fourth-order valence-electron chi connectivity index (χ4n) is 3.55. The number of hydrogen-bond acceptors (Lipinski definition) is 4. The van der Waals surface area contributed by atoms with Crippen LogP contribution in [0.1, 0.15) is 30.0 Å². The van der Waals surface area contributed by atoms with Crippen LogP contribution < -0.4 is 4.74 Å². The van der Waals surface area contributed by atoms with Gasteiger partial charge in [-0.3, -0.25) is 4.99 Å². The number of aliphatic imine (C=N–C) groups is 1. The second kappa shape index (κ2) is 9.45. The Labute approximate surface area is 184 Å². The van der Waals surface area contributed by atoms with Gasteiger partial charge in [-0.25, -0.2) is 8.42 Å². The van der Waals surface area contributed by atoms with E-state index < -0.39 is 10.0 Å². The van der Waals surface area contributed by atoms with E-state index in [0.29, 0.717) is 30.3 Å². The lowest BCUT2D eigenvalue weighted by atomic mass is 10.0. The van der Waals surface area contributed by atoms with Crippen molar-refractivity contribution in [1.29, 1.82) is 0 Å². The Morgan fingerprint density at radius 2 is 1.68 bits per heavy atom. The molecular formula is C25H26N2O3S. The molecule has 6 heteroatoms. The highest BCUT2D eigenvalue weighted by atomic mass is 32.2. The Bertz CT molecular complexity index is 1150. The highest BCUT2D eigenvalue weighted by Crippen LogP contribution is 2.26. The number of ether oxygens (including phenoxy) is 1. The first-order valence-corrected chi connectivity index (χ1v) is 11.9. The van der Waals surface area contributed by atoms with Crippen molar-refractivity contribution in [2.24, 2.45) is 4.99 Å². The van der Waals surface area contributed by atoms with Crippen molar-refractivity contribution in [3.05, 3.63) is 89.5 Å². The van der Waals surface area contributed by atoms with Gasteiger partial charge in [-0.2, -0.15) is 4.31 Å². The molecule has 1 aliphatic rings. The third kappa shape index (κ3) is 5.03. The largest absolute Gasteiger partial charge is 0.494 e. The summed E-state index contributed by atoms with van der Waals surface area (Å²) >= 11 is 0. The van der Waals surface area contributed by atoms with Gasteiger partial charge < -0.3 is 4.74 Å². The minimum atomic E-state index is -3.53.